The van der Waals surface area contributed by atoms with Crippen molar-refractivity contribution in [2.24, 2.45) is 0 Å². The number of fused-ring (bicyclic) bond motifs is 2. The van der Waals surface area contributed by atoms with Gasteiger partial charge in [0.1, 0.15) is 12.1 Å². The number of carbonyl (C=O) groups is 4. The number of ether oxygens (including phenoxy) is 5. The number of esters is 1. The number of nitrogens with zero attached hydrogens (tertiary/aromatic N) is 2. The Morgan fingerprint density at radius 1 is 0.980 bits per heavy atom. The van der Waals surface area contributed by atoms with Gasteiger partial charge in [-0.1, -0.05) is 13.8 Å². The minimum atomic E-state index is -0.760. The summed E-state index contributed by atoms with van der Waals surface area (Å²) >= 11 is 3.77. The number of methoxy groups -OCH3 is 2. The Hall–Kier alpha value is -3.98. The number of nitrogens with two attached hydrogens (primary N) is 1. The lowest BCUT2D eigenvalue weighted by atomic mass is 10.1. The number of nitrogen functional groups attached to an aromatic ring is 1. The molecule has 0 radical (unpaired) electrons. The summed E-state index contributed by atoms with van der Waals surface area (Å²) in [5, 5.41) is 2.82. The molecule has 0 saturated carbocycles. The number of hydrogen-bond donors (Lipinski definition) is 2. The molecule has 5 rings (SSSR count). The van der Waals surface area contributed by atoms with Crippen LogP contribution in [0.3, 0.4) is 0 Å². The predicted molar refractivity (Wildman–Crippen MR) is 194 cm³/mol. The second kappa shape index (κ2) is 16.8. The number of anilines is 2. The average Bonchev–Trinajstić information content (AvgIpc) is 3.73. The summed E-state index contributed by atoms with van der Waals surface area (Å²) in [6.45, 7) is 6.90. The highest BCUT2D eigenvalue weighted by Gasteiger charge is 2.44. The van der Waals surface area contributed by atoms with Gasteiger partial charge in [-0.25, -0.2) is 0 Å². The van der Waals surface area contributed by atoms with E-state index < -0.39 is 18.1 Å². The molecule has 13 nitrogen and oxygen atoms in total. The van der Waals surface area contributed by atoms with E-state index in [2.05, 4.69) is 19.2 Å². The van der Waals surface area contributed by atoms with Crippen LogP contribution in [0.25, 0.3) is 0 Å². The van der Waals surface area contributed by atoms with E-state index in [1.807, 2.05) is 28.4 Å². The van der Waals surface area contributed by atoms with Gasteiger partial charge in [0.25, 0.3) is 11.8 Å². The summed E-state index contributed by atoms with van der Waals surface area (Å²) in [7, 11) is 2.99. The van der Waals surface area contributed by atoms with Crippen LogP contribution in [0.5, 0.6) is 23.0 Å². The first-order valence-corrected chi connectivity index (χ1v) is 19.0. The lowest BCUT2D eigenvalue weighted by Gasteiger charge is -2.31. The van der Waals surface area contributed by atoms with Crippen LogP contribution in [0.4, 0.5) is 11.4 Å². The maximum absolute atomic E-state index is 13.7. The Morgan fingerprint density at radius 2 is 1.64 bits per heavy atom. The van der Waals surface area contributed by atoms with Crippen LogP contribution in [-0.2, 0) is 14.3 Å². The SMILES string of the molecule is CCSC(SCC)[C@@H]1CCCN1C(=O)c1cc(OC)c(OCCCOc2cc3c(cc2OC)C(=O)N2C[C@H](OC(C)=O)C[C@H]2C(=O)N3)cc1N. The van der Waals surface area contributed by atoms with E-state index in [9.17, 15) is 19.2 Å². The molecule has 3 N–H and O–H groups in total. The van der Waals surface area contributed by atoms with Gasteiger partial charge in [0.05, 0.1) is 61.4 Å². The van der Waals surface area contributed by atoms with Gasteiger partial charge < -0.3 is 44.5 Å². The highest BCUT2D eigenvalue weighted by Crippen LogP contribution is 2.40. The first-order valence-electron chi connectivity index (χ1n) is 16.9. The number of nitrogens with one attached hydrogen (secondary N) is 1. The van der Waals surface area contributed by atoms with Crippen molar-refractivity contribution in [2.45, 2.75) is 69.2 Å². The molecule has 0 unspecified atom stereocenters. The Labute approximate surface area is 301 Å². The Bertz CT molecular complexity index is 1590. The van der Waals surface area contributed by atoms with Crippen LogP contribution in [0.2, 0.25) is 0 Å². The van der Waals surface area contributed by atoms with Crippen molar-refractivity contribution in [3.8, 4) is 23.0 Å². The minimum Gasteiger partial charge on any atom is -0.493 e. The lowest BCUT2D eigenvalue weighted by molar-refractivity contribution is -0.145. The maximum atomic E-state index is 13.7. The zero-order valence-electron chi connectivity index (χ0n) is 29.2. The fourth-order valence-corrected chi connectivity index (χ4v) is 9.48. The van der Waals surface area contributed by atoms with Gasteiger partial charge in [0.15, 0.2) is 23.0 Å². The maximum Gasteiger partial charge on any atom is 0.302 e. The summed E-state index contributed by atoms with van der Waals surface area (Å²) in [6, 6.07) is 5.79. The smallest absolute Gasteiger partial charge is 0.302 e. The second-order valence-electron chi connectivity index (χ2n) is 12.1. The third-order valence-corrected chi connectivity index (χ3v) is 11.6. The van der Waals surface area contributed by atoms with Gasteiger partial charge in [-0.3, -0.25) is 19.2 Å². The van der Waals surface area contributed by atoms with E-state index in [1.165, 1.54) is 32.1 Å². The Balaban J connectivity index is 1.20. The summed E-state index contributed by atoms with van der Waals surface area (Å²) in [4.78, 5) is 55.1. The molecule has 15 heteroatoms. The summed E-state index contributed by atoms with van der Waals surface area (Å²) in [5.41, 5.74) is 7.71. The van der Waals surface area contributed by atoms with E-state index in [0.29, 0.717) is 57.5 Å². The monoisotopic (exact) mass is 730 g/mol. The topological polar surface area (TPSA) is 159 Å². The van der Waals surface area contributed by atoms with Crippen molar-refractivity contribution >= 4 is 58.6 Å². The van der Waals surface area contributed by atoms with E-state index in [1.54, 1.807) is 18.2 Å². The largest absolute Gasteiger partial charge is 0.493 e. The molecule has 3 atom stereocenters. The number of likely N-dealkylation sites (tertiary alicyclic amines) is 1. The van der Waals surface area contributed by atoms with Crippen molar-refractivity contribution in [1.82, 2.24) is 9.80 Å². The van der Waals surface area contributed by atoms with E-state index in [4.69, 9.17) is 29.4 Å². The number of benzene rings is 2. The summed E-state index contributed by atoms with van der Waals surface area (Å²) < 4.78 is 28.7. The Kier molecular flexibility index (Phi) is 12.5. The predicted octanol–water partition coefficient (Wildman–Crippen LogP) is 4.67. The molecular formula is C35H46N4O9S2. The molecule has 3 heterocycles. The third kappa shape index (κ3) is 8.14. The molecule has 0 spiro atoms. The van der Waals surface area contributed by atoms with Gasteiger partial charge in [0.2, 0.25) is 5.91 Å². The molecule has 3 aliphatic heterocycles. The molecule has 2 aromatic carbocycles. The highest BCUT2D eigenvalue weighted by molar-refractivity contribution is 8.17. The highest BCUT2D eigenvalue weighted by atomic mass is 32.2. The molecule has 272 valence electrons. The summed E-state index contributed by atoms with van der Waals surface area (Å²) in [6.07, 6.45) is 2.07. The number of carbonyl (C=O) groups excluding carboxylic acids is 4. The zero-order valence-corrected chi connectivity index (χ0v) is 30.8. The van der Waals surface area contributed by atoms with Gasteiger partial charge >= 0.3 is 5.97 Å². The van der Waals surface area contributed by atoms with Crippen LogP contribution in [-0.4, -0.2) is 108 Å². The second-order valence-corrected chi connectivity index (χ2v) is 15.2. The zero-order chi connectivity index (χ0) is 35.9. The minimum absolute atomic E-state index is 0.0964. The fraction of sp³-hybridized carbons (Fsp3) is 0.543. The standard InChI is InChI=1S/C35H46N4O9S2/c1-6-49-35(50-7-2)26-10-8-11-38(26)33(42)22-15-28(44-4)30(17-24(22)36)46-12-9-13-47-31-18-25-23(16-29(31)45-5)34(43)39-19-21(48-20(3)40)14-27(39)32(41)37-25/h15-18,21,26-27,35H,6-14,19,36H2,1-5H3,(H,37,41)/t21-,26+,27+/m1/s1. The van der Waals surface area contributed by atoms with Crippen LogP contribution < -0.4 is 30.0 Å². The Morgan fingerprint density at radius 3 is 2.28 bits per heavy atom. The van der Waals surface area contributed by atoms with Crippen LogP contribution in [0.1, 0.15) is 67.2 Å². The van der Waals surface area contributed by atoms with Crippen molar-refractivity contribution in [1.29, 1.82) is 0 Å². The van der Waals surface area contributed by atoms with Crippen molar-refractivity contribution in [2.75, 3.05) is 63.1 Å². The van der Waals surface area contributed by atoms with Crippen LogP contribution in [0, 0.1) is 0 Å². The van der Waals surface area contributed by atoms with E-state index >= 15 is 0 Å². The molecule has 3 aliphatic rings. The molecule has 2 saturated heterocycles. The van der Waals surface area contributed by atoms with Crippen LogP contribution in [0.15, 0.2) is 24.3 Å². The van der Waals surface area contributed by atoms with Gasteiger partial charge in [-0.2, -0.15) is 0 Å². The van der Waals surface area contributed by atoms with Gasteiger partial charge in [-0.05, 0) is 36.5 Å². The molecule has 0 aromatic heterocycles. The van der Waals surface area contributed by atoms with Crippen molar-refractivity contribution in [3.63, 3.8) is 0 Å². The first-order chi connectivity index (χ1) is 24.1. The fourth-order valence-electron chi connectivity index (χ4n) is 6.61. The number of hydrogen-bond acceptors (Lipinski definition) is 12. The first kappa shape index (κ1) is 37.3. The molecular weight excluding hydrogens is 685 g/mol. The number of thioether (sulfide) groups is 2. The molecule has 0 bridgehead atoms. The summed E-state index contributed by atoms with van der Waals surface area (Å²) in [5.74, 6) is 2.19. The lowest BCUT2D eigenvalue weighted by Crippen LogP contribution is -2.41. The molecule has 2 fully saturated rings. The van der Waals surface area contributed by atoms with Crippen molar-refractivity contribution in [3.05, 3.63) is 35.4 Å². The molecule has 2 aromatic rings. The van der Waals surface area contributed by atoms with Gasteiger partial charge in [0, 0.05) is 44.1 Å². The third-order valence-electron chi connectivity index (χ3n) is 8.86. The van der Waals surface area contributed by atoms with E-state index in [-0.39, 0.29) is 55.5 Å². The van der Waals surface area contributed by atoms with Crippen LogP contribution >= 0.6 is 23.5 Å². The molecule has 3 amide bonds. The average molecular weight is 731 g/mol. The normalized spacial score (nSPS) is 19.8. The number of amides is 3. The van der Waals surface area contributed by atoms with Gasteiger partial charge in [-0.15, -0.1) is 23.5 Å². The quantitative estimate of drug-likeness (QED) is 0.113. The number of rotatable bonds is 15. The van der Waals surface area contributed by atoms with E-state index in [0.717, 1.165) is 24.3 Å². The molecule has 50 heavy (non-hydrogen) atoms. The van der Waals surface area contributed by atoms with Crippen molar-refractivity contribution < 1.29 is 42.9 Å². The molecule has 0 aliphatic carbocycles.